The summed E-state index contributed by atoms with van der Waals surface area (Å²) in [5, 5.41) is 3.40. The van der Waals surface area contributed by atoms with Crippen LogP contribution in [0.4, 0.5) is 0 Å². The molecule has 90 valence electrons. The van der Waals surface area contributed by atoms with Gasteiger partial charge in [-0.25, -0.2) is 0 Å². The van der Waals surface area contributed by atoms with Crippen LogP contribution in [0.25, 0.3) is 0 Å². The molecule has 1 N–H and O–H groups in total. The number of nitrogens with one attached hydrogen (secondary N) is 1. The van der Waals surface area contributed by atoms with Crippen LogP contribution in [-0.2, 0) is 4.74 Å². The molecule has 0 aromatic rings. The lowest BCUT2D eigenvalue weighted by Crippen LogP contribution is -2.50. The minimum Gasteiger partial charge on any atom is -0.380 e. The molecule has 0 amide bonds. The Bertz CT molecular complexity index is 162. The highest BCUT2D eigenvalue weighted by Crippen LogP contribution is 2.02. The fourth-order valence-electron chi connectivity index (χ4n) is 1.82. The van der Waals surface area contributed by atoms with Gasteiger partial charge in [-0.2, -0.15) is 0 Å². The molecule has 0 bridgehead atoms. The molecule has 0 radical (unpaired) electrons. The van der Waals surface area contributed by atoms with E-state index >= 15 is 0 Å². The minimum atomic E-state index is 0.660. The average Bonchev–Trinajstić information content (AvgIpc) is 2.20. The van der Waals surface area contributed by atoms with Crippen LogP contribution < -0.4 is 5.32 Å². The van der Waals surface area contributed by atoms with Gasteiger partial charge in [-0.3, -0.25) is 4.90 Å². The quantitative estimate of drug-likeness (QED) is 0.675. The number of hydrogen-bond acceptors (Lipinski definition) is 3. The Morgan fingerprint density at radius 3 is 2.87 bits per heavy atom. The molecule has 1 saturated heterocycles. The smallest absolute Gasteiger partial charge is 0.0593 e. The summed E-state index contributed by atoms with van der Waals surface area (Å²) in [6.45, 7) is 13.0. The van der Waals surface area contributed by atoms with E-state index in [2.05, 4.69) is 31.0 Å². The van der Waals surface area contributed by atoms with E-state index in [0.29, 0.717) is 6.04 Å². The standard InChI is InChI=1S/C12H26N2O/c1-11(2)4-8-15-9-7-14-6-5-13-10-12(14)3/h11-13H,4-10H2,1-3H3/t12-/m0/s1. The topological polar surface area (TPSA) is 24.5 Å². The Balaban J connectivity index is 1.99. The number of nitrogens with zero attached hydrogens (tertiary/aromatic N) is 1. The summed E-state index contributed by atoms with van der Waals surface area (Å²) in [7, 11) is 0. The summed E-state index contributed by atoms with van der Waals surface area (Å²) in [4.78, 5) is 2.51. The molecule has 0 aliphatic carbocycles. The van der Waals surface area contributed by atoms with Gasteiger partial charge in [0, 0.05) is 38.8 Å². The second-order valence-corrected chi connectivity index (χ2v) is 4.88. The van der Waals surface area contributed by atoms with Crippen molar-refractivity contribution in [2.24, 2.45) is 5.92 Å². The number of ether oxygens (including phenoxy) is 1. The third kappa shape index (κ3) is 5.50. The molecule has 1 heterocycles. The van der Waals surface area contributed by atoms with Crippen molar-refractivity contribution in [3.05, 3.63) is 0 Å². The Morgan fingerprint density at radius 2 is 2.20 bits per heavy atom. The zero-order valence-corrected chi connectivity index (χ0v) is 10.5. The van der Waals surface area contributed by atoms with E-state index in [9.17, 15) is 0 Å². The molecular formula is C12H26N2O. The van der Waals surface area contributed by atoms with Crippen molar-refractivity contribution in [1.29, 1.82) is 0 Å². The lowest BCUT2D eigenvalue weighted by atomic mass is 10.1. The van der Waals surface area contributed by atoms with Crippen molar-refractivity contribution in [1.82, 2.24) is 10.2 Å². The molecule has 3 heteroatoms. The molecule has 0 aromatic heterocycles. The lowest BCUT2D eigenvalue weighted by molar-refractivity contribution is 0.0759. The van der Waals surface area contributed by atoms with Crippen molar-refractivity contribution >= 4 is 0 Å². The van der Waals surface area contributed by atoms with Crippen molar-refractivity contribution in [2.45, 2.75) is 33.2 Å². The van der Waals surface area contributed by atoms with E-state index in [4.69, 9.17) is 4.74 Å². The Hall–Kier alpha value is -0.120. The van der Waals surface area contributed by atoms with Gasteiger partial charge in [-0.1, -0.05) is 13.8 Å². The predicted octanol–water partition coefficient (Wildman–Crippen LogP) is 1.34. The third-order valence-corrected chi connectivity index (χ3v) is 3.00. The summed E-state index contributed by atoms with van der Waals surface area (Å²) in [6, 6.07) is 0.660. The van der Waals surface area contributed by atoms with Crippen LogP contribution in [0, 0.1) is 5.92 Å². The van der Waals surface area contributed by atoms with Crippen LogP contribution in [0.15, 0.2) is 0 Å². The van der Waals surface area contributed by atoms with Gasteiger partial charge in [0.1, 0.15) is 0 Å². The van der Waals surface area contributed by atoms with Gasteiger partial charge in [0.2, 0.25) is 0 Å². The first-order chi connectivity index (χ1) is 7.20. The zero-order valence-electron chi connectivity index (χ0n) is 10.5. The zero-order chi connectivity index (χ0) is 11.1. The predicted molar refractivity (Wildman–Crippen MR) is 64.2 cm³/mol. The van der Waals surface area contributed by atoms with Gasteiger partial charge in [0.05, 0.1) is 6.61 Å². The maximum absolute atomic E-state index is 5.63. The number of piperazine rings is 1. The molecule has 1 atom stereocenters. The second-order valence-electron chi connectivity index (χ2n) is 4.88. The van der Waals surface area contributed by atoms with Gasteiger partial charge < -0.3 is 10.1 Å². The molecule has 1 aliphatic rings. The van der Waals surface area contributed by atoms with E-state index < -0.39 is 0 Å². The molecule has 0 aromatic carbocycles. The Morgan fingerprint density at radius 1 is 1.40 bits per heavy atom. The first kappa shape index (κ1) is 12.9. The third-order valence-electron chi connectivity index (χ3n) is 3.00. The minimum absolute atomic E-state index is 0.660. The molecule has 15 heavy (non-hydrogen) atoms. The molecule has 0 saturated carbocycles. The summed E-state index contributed by atoms with van der Waals surface area (Å²) in [5.41, 5.74) is 0. The van der Waals surface area contributed by atoms with Crippen LogP contribution in [0.2, 0.25) is 0 Å². The summed E-state index contributed by atoms with van der Waals surface area (Å²) >= 11 is 0. The fourth-order valence-corrected chi connectivity index (χ4v) is 1.82. The fraction of sp³-hybridized carbons (Fsp3) is 1.00. The van der Waals surface area contributed by atoms with Gasteiger partial charge >= 0.3 is 0 Å². The molecule has 1 fully saturated rings. The average molecular weight is 214 g/mol. The largest absolute Gasteiger partial charge is 0.380 e. The van der Waals surface area contributed by atoms with E-state index in [1.165, 1.54) is 6.42 Å². The summed E-state index contributed by atoms with van der Waals surface area (Å²) in [5.74, 6) is 0.753. The molecule has 3 nitrogen and oxygen atoms in total. The monoisotopic (exact) mass is 214 g/mol. The van der Waals surface area contributed by atoms with Gasteiger partial charge in [0.15, 0.2) is 0 Å². The van der Waals surface area contributed by atoms with E-state index in [1.54, 1.807) is 0 Å². The first-order valence-electron chi connectivity index (χ1n) is 6.22. The van der Waals surface area contributed by atoms with Crippen molar-refractivity contribution in [3.63, 3.8) is 0 Å². The first-order valence-corrected chi connectivity index (χ1v) is 6.22. The maximum atomic E-state index is 5.63. The highest BCUT2D eigenvalue weighted by Gasteiger charge is 2.16. The van der Waals surface area contributed by atoms with Crippen LogP contribution in [0.1, 0.15) is 27.2 Å². The lowest BCUT2D eigenvalue weighted by Gasteiger charge is -2.33. The Labute approximate surface area is 94.2 Å². The second kappa shape index (κ2) is 7.20. The van der Waals surface area contributed by atoms with Crippen molar-refractivity contribution < 1.29 is 4.74 Å². The molecule has 0 spiro atoms. The molecule has 0 unspecified atom stereocenters. The van der Waals surface area contributed by atoms with Gasteiger partial charge in [-0.15, -0.1) is 0 Å². The van der Waals surface area contributed by atoms with E-state index in [0.717, 1.165) is 45.3 Å². The molecular weight excluding hydrogens is 188 g/mol. The van der Waals surface area contributed by atoms with E-state index in [1.807, 2.05) is 0 Å². The van der Waals surface area contributed by atoms with Crippen LogP contribution in [0.3, 0.4) is 0 Å². The van der Waals surface area contributed by atoms with Crippen molar-refractivity contribution in [3.8, 4) is 0 Å². The van der Waals surface area contributed by atoms with Crippen LogP contribution in [0.5, 0.6) is 0 Å². The molecule has 1 rings (SSSR count). The van der Waals surface area contributed by atoms with Gasteiger partial charge in [0.25, 0.3) is 0 Å². The summed E-state index contributed by atoms with van der Waals surface area (Å²) in [6.07, 6.45) is 1.18. The Kier molecular flexibility index (Phi) is 6.22. The normalized spacial score (nSPS) is 23.6. The van der Waals surface area contributed by atoms with Crippen molar-refractivity contribution in [2.75, 3.05) is 39.4 Å². The highest BCUT2D eigenvalue weighted by atomic mass is 16.5. The van der Waals surface area contributed by atoms with Crippen LogP contribution in [-0.4, -0.2) is 50.3 Å². The maximum Gasteiger partial charge on any atom is 0.0593 e. The SMILES string of the molecule is CC(C)CCOCCN1CCNC[C@@H]1C. The highest BCUT2D eigenvalue weighted by molar-refractivity contribution is 4.75. The number of rotatable bonds is 6. The van der Waals surface area contributed by atoms with Crippen LogP contribution >= 0.6 is 0 Å². The number of hydrogen-bond donors (Lipinski definition) is 1. The van der Waals surface area contributed by atoms with Gasteiger partial charge in [-0.05, 0) is 19.3 Å². The van der Waals surface area contributed by atoms with E-state index in [-0.39, 0.29) is 0 Å². The summed E-state index contributed by atoms with van der Waals surface area (Å²) < 4.78 is 5.63. The molecule has 1 aliphatic heterocycles.